The highest BCUT2D eigenvalue weighted by molar-refractivity contribution is 5.84. The van der Waals surface area contributed by atoms with Gasteiger partial charge < -0.3 is 10.4 Å². The fourth-order valence-corrected chi connectivity index (χ4v) is 0.939. The zero-order valence-electron chi connectivity index (χ0n) is 9.47. The molecule has 0 saturated heterocycles. The lowest BCUT2D eigenvalue weighted by Crippen LogP contribution is -2.43. The molecule has 0 aliphatic rings. The number of carboxylic acids is 1. The van der Waals surface area contributed by atoms with Gasteiger partial charge in [0.05, 0.1) is 5.41 Å². The summed E-state index contributed by atoms with van der Waals surface area (Å²) in [6.07, 6.45) is -0.000394. The third-order valence-electron chi connectivity index (χ3n) is 1.70. The van der Waals surface area contributed by atoms with E-state index in [0.29, 0.717) is 0 Å². The molecule has 0 aliphatic carbocycles. The van der Waals surface area contributed by atoms with E-state index in [9.17, 15) is 9.59 Å². The first-order valence-corrected chi connectivity index (χ1v) is 4.59. The fraction of sp³-hybridized carbons (Fsp3) is 0.800. The largest absolute Gasteiger partial charge is 0.481 e. The number of carbonyl (C=O) groups is 2. The van der Waals surface area contributed by atoms with Crippen LogP contribution in [0.3, 0.4) is 0 Å². The Hall–Kier alpha value is -1.06. The lowest BCUT2D eigenvalue weighted by Gasteiger charge is -2.24. The summed E-state index contributed by atoms with van der Waals surface area (Å²) < 4.78 is 0. The molecule has 0 spiro atoms. The third-order valence-corrected chi connectivity index (χ3v) is 1.70. The maximum atomic E-state index is 11.4. The molecule has 0 saturated carbocycles. The Kier molecular flexibility index (Phi) is 3.68. The predicted molar refractivity (Wildman–Crippen MR) is 53.9 cm³/mol. The van der Waals surface area contributed by atoms with Gasteiger partial charge >= 0.3 is 5.97 Å². The van der Waals surface area contributed by atoms with E-state index in [4.69, 9.17) is 5.11 Å². The highest BCUT2D eigenvalue weighted by Crippen LogP contribution is 2.20. The topological polar surface area (TPSA) is 66.4 Å². The lowest BCUT2D eigenvalue weighted by molar-refractivity contribution is -0.149. The molecule has 0 aromatic carbocycles. The smallest absolute Gasteiger partial charge is 0.309 e. The zero-order chi connectivity index (χ0) is 11.6. The third kappa shape index (κ3) is 4.84. The minimum atomic E-state index is -1.00. The summed E-state index contributed by atoms with van der Waals surface area (Å²) in [6.45, 7) is 8.66. The first kappa shape index (κ1) is 12.9. The van der Waals surface area contributed by atoms with Crippen LogP contribution in [0.15, 0.2) is 0 Å². The second-order valence-corrected chi connectivity index (χ2v) is 5.16. The number of amides is 1. The van der Waals surface area contributed by atoms with E-state index in [-0.39, 0.29) is 17.9 Å². The molecule has 0 unspecified atom stereocenters. The minimum absolute atomic E-state index is 0.000394. The van der Waals surface area contributed by atoms with Crippen LogP contribution in [0.2, 0.25) is 0 Å². The summed E-state index contributed by atoms with van der Waals surface area (Å²) in [5, 5.41) is 11.5. The summed E-state index contributed by atoms with van der Waals surface area (Å²) in [6, 6.07) is 0. The first-order chi connectivity index (χ1) is 6.04. The molecule has 14 heavy (non-hydrogen) atoms. The van der Waals surface area contributed by atoms with Gasteiger partial charge in [0, 0.05) is 12.0 Å². The highest BCUT2D eigenvalue weighted by Gasteiger charge is 2.31. The Morgan fingerprint density at radius 2 is 1.57 bits per heavy atom. The summed E-state index contributed by atoms with van der Waals surface area (Å²) in [5.41, 5.74) is -1.32. The van der Waals surface area contributed by atoms with E-state index in [1.165, 1.54) is 13.8 Å². The molecule has 0 aliphatic heterocycles. The van der Waals surface area contributed by atoms with Crippen molar-refractivity contribution in [1.82, 2.24) is 5.32 Å². The first-order valence-electron chi connectivity index (χ1n) is 4.59. The van der Waals surface area contributed by atoms with Gasteiger partial charge in [-0.15, -0.1) is 0 Å². The van der Waals surface area contributed by atoms with Crippen LogP contribution in [0, 0.1) is 5.41 Å². The van der Waals surface area contributed by atoms with E-state index >= 15 is 0 Å². The Bertz CT molecular complexity index is 238. The van der Waals surface area contributed by atoms with E-state index in [2.05, 4.69) is 5.32 Å². The monoisotopic (exact) mass is 201 g/mol. The van der Waals surface area contributed by atoms with Crippen molar-refractivity contribution in [2.24, 2.45) is 5.41 Å². The van der Waals surface area contributed by atoms with Crippen LogP contribution in [-0.2, 0) is 9.59 Å². The van der Waals surface area contributed by atoms with Gasteiger partial charge in [-0.05, 0) is 34.6 Å². The van der Waals surface area contributed by atoms with Crippen molar-refractivity contribution in [3.8, 4) is 0 Å². The van der Waals surface area contributed by atoms with Gasteiger partial charge in [0.2, 0.25) is 5.91 Å². The molecule has 2 N–H and O–H groups in total. The van der Waals surface area contributed by atoms with E-state index in [0.717, 1.165) is 0 Å². The molecule has 4 nitrogen and oxygen atoms in total. The number of nitrogens with one attached hydrogen (secondary N) is 1. The molecule has 0 fully saturated rings. The van der Waals surface area contributed by atoms with Gasteiger partial charge in [0.1, 0.15) is 0 Å². The average molecular weight is 201 g/mol. The van der Waals surface area contributed by atoms with Gasteiger partial charge in [0.25, 0.3) is 0 Å². The number of hydrogen-bond acceptors (Lipinski definition) is 2. The van der Waals surface area contributed by atoms with Crippen molar-refractivity contribution >= 4 is 11.9 Å². The minimum Gasteiger partial charge on any atom is -0.481 e. The summed E-state index contributed by atoms with van der Waals surface area (Å²) in [4.78, 5) is 22.1. The van der Waals surface area contributed by atoms with Crippen LogP contribution < -0.4 is 5.32 Å². The summed E-state index contributed by atoms with van der Waals surface area (Å²) >= 11 is 0. The number of aliphatic carboxylic acids is 1. The van der Waals surface area contributed by atoms with Crippen LogP contribution >= 0.6 is 0 Å². The number of carboxylic acid groups (broad SMARTS) is 1. The van der Waals surface area contributed by atoms with Gasteiger partial charge in [-0.3, -0.25) is 9.59 Å². The number of carbonyl (C=O) groups excluding carboxylic acids is 1. The number of hydrogen-bond donors (Lipinski definition) is 2. The van der Waals surface area contributed by atoms with Gasteiger partial charge in [0.15, 0.2) is 0 Å². The standard InChI is InChI=1S/C10H19NO3/c1-9(2,3)11-7(12)6-10(4,5)8(13)14/h6H2,1-5H3,(H,11,12)(H,13,14). The van der Waals surface area contributed by atoms with Crippen molar-refractivity contribution in [2.45, 2.75) is 46.6 Å². The van der Waals surface area contributed by atoms with Crippen LogP contribution in [-0.4, -0.2) is 22.5 Å². The molecule has 0 radical (unpaired) electrons. The van der Waals surface area contributed by atoms with E-state index in [1.807, 2.05) is 20.8 Å². The Labute approximate surface area is 84.7 Å². The highest BCUT2D eigenvalue weighted by atomic mass is 16.4. The Morgan fingerprint density at radius 3 is 1.86 bits per heavy atom. The molecule has 0 atom stereocenters. The lowest BCUT2D eigenvalue weighted by atomic mass is 9.89. The van der Waals surface area contributed by atoms with Crippen molar-refractivity contribution < 1.29 is 14.7 Å². The van der Waals surface area contributed by atoms with Crippen LogP contribution in [0.25, 0.3) is 0 Å². The van der Waals surface area contributed by atoms with Gasteiger partial charge in [-0.25, -0.2) is 0 Å². The number of rotatable bonds is 3. The van der Waals surface area contributed by atoms with E-state index in [1.54, 1.807) is 0 Å². The van der Waals surface area contributed by atoms with Crippen LogP contribution in [0.4, 0.5) is 0 Å². The molecule has 0 heterocycles. The fourth-order valence-electron chi connectivity index (χ4n) is 0.939. The molecule has 1 amide bonds. The van der Waals surface area contributed by atoms with E-state index < -0.39 is 11.4 Å². The molecular weight excluding hydrogens is 182 g/mol. The van der Waals surface area contributed by atoms with Crippen molar-refractivity contribution in [2.75, 3.05) is 0 Å². The van der Waals surface area contributed by atoms with Crippen LogP contribution in [0.1, 0.15) is 41.0 Å². The maximum Gasteiger partial charge on any atom is 0.309 e. The summed E-state index contributed by atoms with van der Waals surface area (Å²) in [7, 11) is 0. The van der Waals surface area contributed by atoms with Gasteiger partial charge in [-0.1, -0.05) is 0 Å². The predicted octanol–water partition coefficient (Wildman–Crippen LogP) is 1.40. The molecule has 0 rings (SSSR count). The molecule has 0 aromatic heterocycles. The Balaban J connectivity index is 4.27. The van der Waals surface area contributed by atoms with Gasteiger partial charge in [-0.2, -0.15) is 0 Å². The second-order valence-electron chi connectivity index (χ2n) is 5.16. The molecule has 0 aromatic rings. The van der Waals surface area contributed by atoms with Crippen molar-refractivity contribution in [1.29, 1.82) is 0 Å². The van der Waals surface area contributed by atoms with Crippen molar-refractivity contribution in [3.63, 3.8) is 0 Å². The molecule has 82 valence electrons. The molecular formula is C10H19NO3. The zero-order valence-corrected chi connectivity index (χ0v) is 9.47. The second kappa shape index (κ2) is 3.98. The molecule has 0 bridgehead atoms. The van der Waals surface area contributed by atoms with Crippen molar-refractivity contribution in [3.05, 3.63) is 0 Å². The normalized spacial score (nSPS) is 12.4. The maximum absolute atomic E-state index is 11.4. The average Bonchev–Trinajstić information content (AvgIpc) is 1.79. The SMILES string of the molecule is CC(C)(C)NC(=O)CC(C)(C)C(=O)O. The Morgan fingerprint density at radius 1 is 1.14 bits per heavy atom. The quantitative estimate of drug-likeness (QED) is 0.725. The van der Waals surface area contributed by atoms with Crippen LogP contribution in [0.5, 0.6) is 0 Å². The summed E-state index contributed by atoms with van der Waals surface area (Å²) in [5.74, 6) is -1.19. The molecule has 4 heteroatoms.